The van der Waals surface area contributed by atoms with Gasteiger partial charge in [-0.1, -0.05) is 6.07 Å². The molecule has 23 heavy (non-hydrogen) atoms. The molecule has 1 fully saturated rings. The lowest BCUT2D eigenvalue weighted by atomic mass is 9.99. The van der Waals surface area contributed by atoms with E-state index in [1.807, 2.05) is 41.8 Å². The van der Waals surface area contributed by atoms with Gasteiger partial charge in [-0.3, -0.25) is 4.79 Å². The third kappa shape index (κ3) is 5.15. The van der Waals surface area contributed by atoms with E-state index in [1.165, 1.54) is 6.42 Å². The molecule has 5 heteroatoms. The van der Waals surface area contributed by atoms with Crippen LogP contribution in [0.3, 0.4) is 0 Å². The van der Waals surface area contributed by atoms with Crippen LogP contribution in [-0.2, 0) is 0 Å². The number of nitrogens with zero attached hydrogens (tertiary/aromatic N) is 1. The molecule has 0 spiro atoms. The van der Waals surface area contributed by atoms with Crippen molar-refractivity contribution in [2.45, 2.75) is 26.2 Å². The van der Waals surface area contributed by atoms with Gasteiger partial charge in [-0.05, 0) is 68.4 Å². The fraction of sp³-hybridized carbons (Fsp3) is 0.611. The van der Waals surface area contributed by atoms with E-state index >= 15 is 0 Å². The van der Waals surface area contributed by atoms with Crippen molar-refractivity contribution >= 4 is 17.7 Å². The van der Waals surface area contributed by atoms with Crippen molar-refractivity contribution in [1.29, 1.82) is 0 Å². The van der Waals surface area contributed by atoms with Gasteiger partial charge in [0.05, 0.1) is 6.61 Å². The molecule has 1 saturated heterocycles. The number of piperidine rings is 1. The van der Waals surface area contributed by atoms with Gasteiger partial charge in [-0.2, -0.15) is 11.8 Å². The molecule has 1 aromatic carbocycles. The first-order valence-corrected chi connectivity index (χ1v) is 9.76. The molecule has 0 bridgehead atoms. The highest BCUT2D eigenvalue weighted by atomic mass is 32.2. The number of amides is 1. The highest BCUT2D eigenvalue weighted by Gasteiger charge is 2.24. The minimum Gasteiger partial charge on any atom is -0.493 e. The van der Waals surface area contributed by atoms with Gasteiger partial charge >= 0.3 is 0 Å². The number of hydrogen-bond donors (Lipinski definition) is 1. The lowest BCUT2D eigenvalue weighted by Crippen LogP contribution is -2.40. The number of carbonyl (C=O) groups excluding carboxylic acids is 1. The van der Waals surface area contributed by atoms with Crippen LogP contribution >= 0.6 is 11.8 Å². The van der Waals surface area contributed by atoms with Crippen LogP contribution < -0.4 is 10.5 Å². The Kier molecular flexibility index (Phi) is 7.24. The third-order valence-electron chi connectivity index (χ3n) is 4.25. The number of carbonyl (C=O) groups is 1. The second-order valence-corrected chi connectivity index (χ2v) is 7.10. The van der Waals surface area contributed by atoms with Crippen molar-refractivity contribution < 1.29 is 9.53 Å². The van der Waals surface area contributed by atoms with Crippen LogP contribution in [-0.4, -0.2) is 49.1 Å². The maximum Gasteiger partial charge on any atom is 0.253 e. The largest absolute Gasteiger partial charge is 0.493 e. The number of rotatable bonds is 7. The molecule has 2 N–H and O–H groups in total. The molecule has 0 saturated carbocycles. The van der Waals surface area contributed by atoms with Crippen molar-refractivity contribution in [1.82, 2.24) is 4.90 Å². The number of benzene rings is 1. The van der Waals surface area contributed by atoms with Crippen molar-refractivity contribution in [3.63, 3.8) is 0 Å². The molecule has 1 aliphatic heterocycles. The lowest BCUT2D eigenvalue weighted by Gasteiger charge is -2.32. The summed E-state index contributed by atoms with van der Waals surface area (Å²) < 4.78 is 5.76. The van der Waals surface area contributed by atoms with Gasteiger partial charge in [0.2, 0.25) is 0 Å². The van der Waals surface area contributed by atoms with Crippen LogP contribution in [0, 0.1) is 12.8 Å². The minimum atomic E-state index is 0.125. The molecule has 128 valence electrons. The Balaban J connectivity index is 2.04. The van der Waals surface area contributed by atoms with Crippen molar-refractivity contribution in [3.05, 3.63) is 29.3 Å². The standard InChI is InChI=1S/C18H28N2O2S/c1-14-6-7-16(11-17(14)22-10-4-8-19)18(21)20-9-3-5-15(12-20)13-23-2/h6-7,11,15H,3-5,8-10,12-13,19H2,1-2H3/t15-/m1/s1. The van der Waals surface area contributed by atoms with E-state index in [-0.39, 0.29) is 5.91 Å². The molecule has 1 aromatic rings. The van der Waals surface area contributed by atoms with Crippen LogP contribution in [0.25, 0.3) is 0 Å². The first kappa shape index (κ1) is 18.1. The van der Waals surface area contributed by atoms with Crippen molar-refractivity contribution in [2.75, 3.05) is 38.2 Å². The Morgan fingerprint density at radius 1 is 1.48 bits per heavy atom. The number of likely N-dealkylation sites (tertiary alicyclic amines) is 1. The number of ether oxygens (including phenoxy) is 1. The minimum absolute atomic E-state index is 0.125. The average Bonchev–Trinajstić information content (AvgIpc) is 2.57. The molecular weight excluding hydrogens is 308 g/mol. The lowest BCUT2D eigenvalue weighted by molar-refractivity contribution is 0.0685. The summed E-state index contributed by atoms with van der Waals surface area (Å²) in [4.78, 5) is 14.8. The Hall–Kier alpha value is -1.20. The van der Waals surface area contributed by atoms with Gasteiger partial charge in [0.25, 0.3) is 5.91 Å². The summed E-state index contributed by atoms with van der Waals surface area (Å²) in [7, 11) is 0. The molecule has 0 aliphatic carbocycles. The summed E-state index contributed by atoms with van der Waals surface area (Å²) >= 11 is 1.87. The summed E-state index contributed by atoms with van der Waals surface area (Å²) in [5.41, 5.74) is 7.28. The van der Waals surface area contributed by atoms with Gasteiger partial charge in [0.15, 0.2) is 0 Å². The third-order valence-corrected chi connectivity index (χ3v) is 5.05. The van der Waals surface area contributed by atoms with Gasteiger partial charge < -0.3 is 15.4 Å². The van der Waals surface area contributed by atoms with E-state index < -0.39 is 0 Å². The summed E-state index contributed by atoms with van der Waals surface area (Å²) in [5.74, 6) is 2.67. The number of aryl methyl sites for hydroxylation is 1. The van der Waals surface area contributed by atoms with Crippen LogP contribution in [0.2, 0.25) is 0 Å². The quantitative estimate of drug-likeness (QED) is 0.778. The molecular formula is C18H28N2O2S. The summed E-state index contributed by atoms with van der Waals surface area (Å²) in [6.07, 6.45) is 5.28. The highest BCUT2D eigenvalue weighted by Crippen LogP contribution is 2.24. The zero-order valence-electron chi connectivity index (χ0n) is 14.2. The Morgan fingerprint density at radius 3 is 3.04 bits per heavy atom. The Labute approximate surface area is 143 Å². The Bertz CT molecular complexity index is 520. The van der Waals surface area contributed by atoms with Crippen LogP contribution in [0.15, 0.2) is 18.2 Å². The summed E-state index contributed by atoms with van der Waals surface area (Å²) in [5, 5.41) is 0. The van der Waals surface area contributed by atoms with E-state index in [1.54, 1.807) is 0 Å². The molecule has 1 atom stereocenters. The van der Waals surface area contributed by atoms with E-state index in [0.717, 1.165) is 48.6 Å². The first-order chi connectivity index (χ1) is 11.2. The van der Waals surface area contributed by atoms with E-state index in [4.69, 9.17) is 10.5 Å². The predicted octanol–water partition coefficient (Wildman–Crippen LogP) is 2.94. The number of thioether (sulfide) groups is 1. The predicted molar refractivity (Wildman–Crippen MR) is 97.4 cm³/mol. The normalized spacial score (nSPS) is 18.0. The SMILES string of the molecule is CSC[C@@H]1CCCN(C(=O)c2ccc(C)c(OCCCN)c2)C1. The van der Waals surface area contributed by atoms with Crippen molar-refractivity contribution in [3.8, 4) is 5.75 Å². The molecule has 1 heterocycles. The second-order valence-electron chi connectivity index (χ2n) is 6.19. The Morgan fingerprint density at radius 2 is 2.30 bits per heavy atom. The second kappa shape index (κ2) is 9.18. The van der Waals surface area contributed by atoms with Crippen LogP contribution in [0.4, 0.5) is 0 Å². The van der Waals surface area contributed by atoms with E-state index in [9.17, 15) is 4.79 Å². The molecule has 0 unspecified atom stereocenters. The summed E-state index contributed by atoms with van der Waals surface area (Å²) in [6.45, 7) is 4.94. The van der Waals surface area contributed by atoms with Gasteiger partial charge in [0.1, 0.15) is 5.75 Å². The van der Waals surface area contributed by atoms with Gasteiger partial charge in [-0.15, -0.1) is 0 Å². The maximum absolute atomic E-state index is 12.8. The fourth-order valence-electron chi connectivity index (χ4n) is 2.96. The first-order valence-electron chi connectivity index (χ1n) is 8.37. The van der Waals surface area contributed by atoms with Crippen molar-refractivity contribution in [2.24, 2.45) is 11.7 Å². The molecule has 0 radical (unpaired) electrons. The summed E-state index contributed by atoms with van der Waals surface area (Å²) in [6, 6.07) is 5.76. The number of hydrogen-bond acceptors (Lipinski definition) is 4. The average molecular weight is 337 g/mol. The fourth-order valence-corrected chi connectivity index (χ4v) is 3.70. The number of nitrogens with two attached hydrogens (primary N) is 1. The smallest absolute Gasteiger partial charge is 0.253 e. The monoisotopic (exact) mass is 336 g/mol. The molecule has 4 nitrogen and oxygen atoms in total. The zero-order chi connectivity index (χ0) is 16.7. The highest BCUT2D eigenvalue weighted by molar-refractivity contribution is 7.98. The molecule has 0 aromatic heterocycles. The van der Waals surface area contributed by atoms with Crippen LogP contribution in [0.1, 0.15) is 35.2 Å². The van der Waals surface area contributed by atoms with Crippen LogP contribution in [0.5, 0.6) is 5.75 Å². The molecule has 2 rings (SSSR count). The van der Waals surface area contributed by atoms with E-state index in [2.05, 4.69) is 6.26 Å². The maximum atomic E-state index is 12.8. The van der Waals surface area contributed by atoms with Gasteiger partial charge in [-0.25, -0.2) is 0 Å². The zero-order valence-corrected chi connectivity index (χ0v) is 15.0. The van der Waals surface area contributed by atoms with E-state index in [0.29, 0.717) is 19.1 Å². The molecule has 1 aliphatic rings. The van der Waals surface area contributed by atoms with Gasteiger partial charge in [0, 0.05) is 18.7 Å². The molecule has 1 amide bonds. The topological polar surface area (TPSA) is 55.6 Å².